The van der Waals surface area contributed by atoms with Crippen molar-refractivity contribution in [2.45, 2.75) is 12.4 Å². The van der Waals surface area contributed by atoms with Gasteiger partial charge in [0.25, 0.3) is 0 Å². The lowest BCUT2D eigenvalue weighted by molar-refractivity contribution is 0.283. The molecule has 4 nitrogen and oxygen atoms in total. The molecular formula is C15H15ClO4S. The van der Waals surface area contributed by atoms with Crippen LogP contribution in [-0.4, -0.2) is 15.5 Å². The molecule has 0 saturated heterocycles. The Bertz CT molecular complexity index is 699. The van der Waals surface area contributed by atoms with Gasteiger partial charge in [-0.1, -0.05) is 42.5 Å². The summed E-state index contributed by atoms with van der Waals surface area (Å²) in [6, 6.07) is 14.7. The summed E-state index contributed by atoms with van der Waals surface area (Å²) in [4.78, 5) is 0. The third-order valence-corrected chi connectivity index (χ3v) is 3.81. The number of para-hydroxylation sites is 1. The van der Waals surface area contributed by atoms with E-state index in [1.807, 2.05) is 30.3 Å². The van der Waals surface area contributed by atoms with E-state index in [-0.39, 0.29) is 5.75 Å². The van der Waals surface area contributed by atoms with Crippen molar-refractivity contribution >= 4 is 19.7 Å². The average molecular weight is 327 g/mol. The Labute approximate surface area is 128 Å². The van der Waals surface area contributed by atoms with Crippen molar-refractivity contribution in [3.63, 3.8) is 0 Å². The van der Waals surface area contributed by atoms with E-state index in [4.69, 9.17) is 20.2 Å². The van der Waals surface area contributed by atoms with Gasteiger partial charge in [-0.3, -0.25) is 0 Å². The van der Waals surface area contributed by atoms with Gasteiger partial charge in [-0.2, -0.15) is 0 Å². The summed E-state index contributed by atoms with van der Waals surface area (Å²) >= 11 is 0. The van der Waals surface area contributed by atoms with E-state index in [0.717, 1.165) is 5.56 Å². The molecule has 0 fully saturated rings. The van der Waals surface area contributed by atoms with Crippen LogP contribution in [0.3, 0.4) is 0 Å². The van der Waals surface area contributed by atoms with Gasteiger partial charge in [0.15, 0.2) is 11.5 Å². The lowest BCUT2D eigenvalue weighted by Gasteiger charge is -2.13. The molecule has 112 valence electrons. The molecule has 0 spiro atoms. The maximum Gasteiger partial charge on any atom is 0.236 e. The predicted octanol–water partition coefficient (Wildman–Crippen LogP) is 3.34. The largest absolute Gasteiger partial charge is 0.493 e. The molecule has 0 bridgehead atoms. The number of rotatable bonds is 6. The van der Waals surface area contributed by atoms with Crippen LogP contribution in [0.1, 0.15) is 11.1 Å². The normalized spacial score (nSPS) is 11.1. The summed E-state index contributed by atoms with van der Waals surface area (Å²) in [5.41, 5.74) is 1.48. The van der Waals surface area contributed by atoms with Crippen molar-refractivity contribution in [3.8, 4) is 11.5 Å². The van der Waals surface area contributed by atoms with Gasteiger partial charge >= 0.3 is 0 Å². The topological polar surface area (TPSA) is 52.6 Å². The van der Waals surface area contributed by atoms with Gasteiger partial charge in [0.1, 0.15) is 6.61 Å². The summed E-state index contributed by atoms with van der Waals surface area (Å²) in [5, 5.41) is 0. The Morgan fingerprint density at radius 3 is 2.38 bits per heavy atom. The Morgan fingerprint density at radius 2 is 1.76 bits per heavy atom. The second-order valence-electron chi connectivity index (χ2n) is 4.41. The van der Waals surface area contributed by atoms with Gasteiger partial charge in [-0.15, -0.1) is 0 Å². The van der Waals surface area contributed by atoms with Crippen LogP contribution in [0.15, 0.2) is 48.5 Å². The maximum absolute atomic E-state index is 11.2. The summed E-state index contributed by atoms with van der Waals surface area (Å²) in [5.74, 6) is 0.567. The van der Waals surface area contributed by atoms with Crippen LogP contribution in [-0.2, 0) is 21.4 Å². The van der Waals surface area contributed by atoms with Crippen LogP contribution < -0.4 is 9.47 Å². The zero-order valence-corrected chi connectivity index (χ0v) is 13.0. The van der Waals surface area contributed by atoms with Crippen molar-refractivity contribution in [2.75, 3.05) is 7.11 Å². The Morgan fingerprint density at radius 1 is 1.05 bits per heavy atom. The lowest BCUT2D eigenvalue weighted by atomic mass is 10.2. The molecule has 2 rings (SSSR count). The fourth-order valence-corrected chi connectivity index (χ4v) is 2.89. The first-order valence-corrected chi connectivity index (χ1v) is 8.72. The molecule has 0 atom stereocenters. The Balaban J connectivity index is 2.21. The molecule has 0 aliphatic carbocycles. The van der Waals surface area contributed by atoms with Gasteiger partial charge in [-0.05, 0) is 11.6 Å². The average Bonchev–Trinajstić information content (AvgIpc) is 2.44. The monoisotopic (exact) mass is 326 g/mol. The van der Waals surface area contributed by atoms with Crippen LogP contribution >= 0.6 is 10.7 Å². The number of methoxy groups -OCH3 is 1. The van der Waals surface area contributed by atoms with Crippen molar-refractivity contribution in [1.29, 1.82) is 0 Å². The van der Waals surface area contributed by atoms with Gasteiger partial charge in [0, 0.05) is 16.2 Å². The minimum atomic E-state index is -3.66. The van der Waals surface area contributed by atoms with Crippen molar-refractivity contribution in [2.24, 2.45) is 0 Å². The smallest absolute Gasteiger partial charge is 0.236 e. The SMILES string of the molecule is COc1c(CS(=O)(=O)Cl)cccc1OCc1ccccc1. The minimum absolute atomic E-state index is 0.305. The molecule has 0 aromatic heterocycles. The molecule has 2 aromatic rings. The summed E-state index contributed by atoms with van der Waals surface area (Å²) < 4.78 is 33.4. The summed E-state index contributed by atoms with van der Waals surface area (Å²) in [6.45, 7) is 0.369. The van der Waals surface area contributed by atoms with Crippen molar-refractivity contribution < 1.29 is 17.9 Å². The fourth-order valence-electron chi connectivity index (χ4n) is 1.94. The zero-order valence-electron chi connectivity index (χ0n) is 11.5. The van der Waals surface area contributed by atoms with Gasteiger partial charge < -0.3 is 9.47 Å². The third-order valence-electron chi connectivity index (χ3n) is 2.83. The molecule has 21 heavy (non-hydrogen) atoms. The minimum Gasteiger partial charge on any atom is -0.493 e. The lowest BCUT2D eigenvalue weighted by Crippen LogP contribution is -2.02. The van der Waals surface area contributed by atoms with Gasteiger partial charge in [0.2, 0.25) is 9.05 Å². The number of hydrogen-bond donors (Lipinski definition) is 0. The molecule has 0 aliphatic rings. The first-order chi connectivity index (χ1) is 9.99. The molecule has 0 aliphatic heterocycles. The molecule has 0 saturated carbocycles. The van der Waals surface area contributed by atoms with Crippen LogP contribution in [0.4, 0.5) is 0 Å². The fraction of sp³-hybridized carbons (Fsp3) is 0.200. The van der Waals surface area contributed by atoms with E-state index in [1.54, 1.807) is 18.2 Å². The molecule has 6 heteroatoms. The second kappa shape index (κ2) is 6.83. The summed E-state index contributed by atoms with van der Waals surface area (Å²) in [7, 11) is 3.11. The number of hydrogen-bond acceptors (Lipinski definition) is 4. The predicted molar refractivity (Wildman–Crippen MR) is 82.2 cm³/mol. The Kier molecular flexibility index (Phi) is 5.09. The third kappa shape index (κ3) is 4.65. The van der Waals surface area contributed by atoms with E-state index < -0.39 is 9.05 Å². The highest BCUT2D eigenvalue weighted by molar-refractivity contribution is 8.13. The van der Waals surface area contributed by atoms with E-state index >= 15 is 0 Å². The molecule has 2 aromatic carbocycles. The second-order valence-corrected chi connectivity index (χ2v) is 7.18. The molecule has 0 heterocycles. The maximum atomic E-state index is 11.2. The molecule has 0 radical (unpaired) electrons. The van der Waals surface area contributed by atoms with Crippen LogP contribution in [0.2, 0.25) is 0 Å². The highest BCUT2D eigenvalue weighted by Gasteiger charge is 2.15. The van der Waals surface area contributed by atoms with Gasteiger partial charge in [-0.25, -0.2) is 8.42 Å². The number of halogens is 1. The molecule has 0 N–H and O–H groups in total. The van der Waals surface area contributed by atoms with Crippen LogP contribution in [0, 0.1) is 0 Å². The highest BCUT2D eigenvalue weighted by Crippen LogP contribution is 2.33. The standard InChI is InChI=1S/C15H15ClO4S/c1-19-15-13(11-21(16,17)18)8-5-9-14(15)20-10-12-6-3-2-4-7-12/h2-9H,10-11H2,1H3. The quantitative estimate of drug-likeness (QED) is 0.764. The van der Waals surface area contributed by atoms with E-state index in [0.29, 0.717) is 23.7 Å². The number of benzene rings is 2. The highest BCUT2D eigenvalue weighted by atomic mass is 35.7. The van der Waals surface area contributed by atoms with Crippen molar-refractivity contribution in [3.05, 3.63) is 59.7 Å². The first-order valence-electron chi connectivity index (χ1n) is 6.24. The molecular weight excluding hydrogens is 312 g/mol. The van der Waals surface area contributed by atoms with Crippen LogP contribution in [0.5, 0.6) is 11.5 Å². The van der Waals surface area contributed by atoms with Crippen molar-refractivity contribution in [1.82, 2.24) is 0 Å². The van der Waals surface area contributed by atoms with Gasteiger partial charge in [0.05, 0.1) is 12.9 Å². The zero-order chi connectivity index (χ0) is 15.3. The van der Waals surface area contributed by atoms with Crippen LogP contribution in [0.25, 0.3) is 0 Å². The van der Waals surface area contributed by atoms with E-state index in [2.05, 4.69) is 0 Å². The van der Waals surface area contributed by atoms with E-state index in [9.17, 15) is 8.42 Å². The number of ether oxygens (including phenoxy) is 2. The Hall–Kier alpha value is -1.72. The first kappa shape index (κ1) is 15.7. The molecule has 0 amide bonds. The summed E-state index contributed by atoms with van der Waals surface area (Å²) in [6.07, 6.45) is 0. The van der Waals surface area contributed by atoms with E-state index in [1.165, 1.54) is 7.11 Å². The molecule has 0 unspecified atom stereocenters.